The third-order valence-electron chi connectivity index (χ3n) is 2.31. The van der Waals surface area contributed by atoms with E-state index in [-0.39, 0.29) is 0 Å². The molecule has 2 heterocycles. The Kier molecular flexibility index (Phi) is 2.96. The van der Waals surface area contributed by atoms with Gasteiger partial charge in [0.2, 0.25) is 0 Å². The quantitative estimate of drug-likeness (QED) is 0.828. The Bertz CT molecular complexity index is 420. The second kappa shape index (κ2) is 4.39. The molecule has 5 nitrogen and oxygen atoms in total. The maximum Gasteiger partial charge on any atom is 0.151 e. The van der Waals surface area contributed by atoms with E-state index in [1.54, 1.807) is 0 Å². The molecule has 15 heavy (non-hydrogen) atoms. The number of nitrogens with zero attached hydrogens (tertiary/aromatic N) is 3. The predicted octanol–water partition coefficient (Wildman–Crippen LogP) is 1.74. The average molecular weight is 223 g/mol. The van der Waals surface area contributed by atoms with Crippen molar-refractivity contribution in [1.29, 1.82) is 0 Å². The fourth-order valence-electron chi connectivity index (χ4n) is 1.39. The molecule has 0 radical (unpaired) electrons. The van der Waals surface area contributed by atoms with Crippen LogP contribution in [0.4, 0.5) is 5.82 Å². The van der Waals surface area contributed by atoms with Crippen LogP contribution in [0.25, 0.3) is 0 Å². The highest BCUT2D eigenvalue weighted by atomic mass is 32.1. The lowest BCUT2D eigenvalue weighted by Gasteiger charge is -2.00. The van der Waals surface area contributed by atoms with Crippen LogP contribution in [-0.2, 0) is 13.0 Å². The number of hydrogen-bond donors (Lipinski definition) is 2. The van der Waals surface area contributed by atoms with E-state index < -0.39 is 0 Å². The van der Waals surface area contributed by atoms with Crippen molar-refractivity contribution in [3.8, 4) is 0 Å². The molecule has 2 rings (SSSR count). The molecule has 0 aliphatic carbocycles. The van der Waals surface area contributed by atoms with Gasteiger partial charge in [-0.1, -0.05) is 11.4 Å². The minimum absolute atomic E-state index is 0.672. The second-order valence-corrected chi connectivity index (χ2v) is 3.89. The number of aromatic nitrogens is 4. The van der Waals surface area contributed by atoms with Crippen molar-refractivity contribution >= 4 is 17.4 Å². The molecule has 0 aromatic carbocycles. The van der Waals surface area contributed by atoms with Gasteiger partial charge in [0, 0.05) is 16.6 Å². The van der Waals surface area contributed by atoms with E-state index in [4.69, 9.17) is 0 Å². The largest absolute Gasteiger partial charge is 0.363 e. The molecule has 2 aromatic heterocycles. The molecule has 0 amide bonds. The molecule has 80 valence electrons. The van der Waals surface area contributed by atoms with E-state index in [2.05, 4.69) is 38.9 Å². The molecule has 2 N–H and O–H groups in total. The van der Waals surface area contributed by atoms with Crippen LogP contribution in [0, 0.1) is 6.92 Å². The third-order valence-corrected chi connectivity index (χ3v) is 2.86. The molecule has 0 saturated heterocycles. The number of anilines is 1. The Labute approximate surface area is 92.1 Å². The Morgan fingerprint density at radius 2 is 2.40 bits per heavy atom. The molecule has 0 unspecified atom stereocenters. The van der Waals surface area contributed by atoms with Gasteiger partial charge < -0.3 is 5.32 Å². The van der Waals surface area contributed by atoms with Gasteiger partial charge in [-0.3, -0.25) is 5.10 Å². The number of aromatic amines is 1. The number of H-pyrrole nitrogens is 1. The van der Waals surface area contributed by atoms with Crippen LogP contribution < -0.4 is 5.32 Å². The number of aryl methyl sites for hydroxylation is 1. The van der Waals surface area contributed by atoms with Crippen LogP contribution in [0.15, 0.2) is 5.38 Å². The van der Waals surface area contributed by atoms with Gasteiger partial charge in [-0.2, -0.15) is 5.10 Å². The Morgan fingerprint density at radius 1 is 1.53 bits per heavy atom. The fraction of sp³-hybridized carbons (Fsp3) is 0.444. The predicted molar refractivity (Wildman–Crippen MR) is 59.9 cm³/mol. The Hall–Kier alpha value is -1.43. The fourth-order valence-corrected chi connectivity index (χ4v) is 1.84. The van der Waals surface area contributed by atoms with Crippen molar-refractivity contribution < 1.29 is 0 Å². The first-order valence-electron chi connectivity index (χ1n) is 4.85. The first kappa shape index (κ1) is 10.1. The van der Waals surface area contributed by atoms with Gasteiger partial charge in [-0.05, 0) is 24.9 Å². The molecule has 0 saturated carbocycles. The lowest BCUT2D eigenvalue weighted by molar-refractivity contribution is 0.956. The molecule has 2 aromatic rings. The zero-order valence-corrected chi connectivity index (χ0v) is 9.56. The van der Waals surface area contributed by atoms with E-state index in [1.165, 1.54) is 22.8 Å². The summed E-state index contributed by atoms with van der Waals surface area (Å²) in [7, 11) is 0. The first-order valence-corrected chi connectivity index (χ1v) is 5.68. The van der Waals surface area contributed by atoms with Crippen molar-refractivity contribution in [3.05, 3.63) is 22.3 Å². The standard InChI is InChI=1S/C9H13N5S/c1-3-8-6(2)9(13-12-8)10-4-7-5-15-14-11-7/h5H,3-4H2,1-2H3,(H2,10,12,13). The van der Waals surface area contributed by atoms with Crippen LogP contribution in [0.1, 0.15) is 23.9 Å². The summed E-state index contributed by atoms with van der Waals surface area (Å²) in [6.45, 7) is 4.84. The molecule has 0 aliphatic heterocycles. The van der Waals surface area contributed by atoms with Crippen molar-refractivity contribution in [3.63, 3.8) is 0 Å². The summed E-state index contributed by atoms with van der Waals surface area (Å²) in [5.74, 6) is 0.903. The summed E-state index contributed by atoms with van der Waals surface area (Å²) in [4.78, 5) is 0. The number of hydrogen-bond acceptors (Lipinski definition) is 5. The lowest BCUT2D eigenvalue weighted by Crippen LogP contribution is -2.01. The van der Waals surface area contributed by atoms with Crippen LogP contribution >= 0.6 is 11.5 Å². The van der Waals surface area contributed by atoms with Crippen LogP contribution in [0.2, 0.25) is 0 Å². The van der Waals surface area contributed by atoms with Gasteiger partial charge in [-0.15, -0.1) is 5.10 Å². The molecule has 0 bridgehead atoms. The van der Waals surface area contributed by atoms with Gasteiger partial charge >= 0.3 is 0 Å². The van der Waals surface area contributed by atoms with Crippen LogP contribution in [0.3, 0.4) is 0 Å². The van der Waals surface area contributed by atoms with Gasteiger partial charge in [0.05, 0.1) is 12.2 Å². The van der Waals surface area contributed by atoms with Crippen molar-refractivity contribution in [2.75, 3.05) is 5.32 Å². The third kappa shape index (κ3) is 2.15. The van der Waals surface area contributed by atoms with E-state index in [0.717, 1.165) is 17.9 Å². The molecule has 0 spiro atoms. The smallest absolute Gasteiger partial charge is 0.151 e. The average Bonchev–Trinajstić information content (AvgIpc) is 2.85. The van der Waals surface area contributed by atoms with Crippen LogP contribution in [0.5, 0.6) is 0 Å². The first-order chi connectivity index (χ1) is 7.31. The summed E-state index contributed by atoms with van der Waals surface area (Å²) < 4.78 is 3.80. The topological polar surface area (TPSA) is 66.5 Å². The summed E-state index contributed by atoms with van der Waals surface area (Å²) in [6, 6.07) is 0. The summed E-state index contributed by atoms with van der Waals surface area (Å²) in [5, 5.41) is 16.3. The summed E-state index contributed by atoms with van der Waals surface area (Å²) in [6.07, 6.45) is 0.971. The van der Waals surface area contributed by atoms with Crippen LogP contribution in [-0.4, -0.2) is 19.8 Å². The normalized spacial score (nSPS) is 10.5. The zero-order valence-electron chi connectivity index (χ0n) is 8.74. The molecule has 0 fully saturated rings. The molecule has 0 aliphatic rings. The van der Waals surface area contributed by atoms with E-state index >= 15 is 0 Å². The Balaban J connectivity index is 2.02. The molecule has 6 heteroatoms. The monoisotopic (exact) mass is 223 g/mol. The van der Waals surface area contributed by atoms with Crippen molar-refractivity contribution in [1.82, 2.24) is 19.8 Å². The van der Waals surface area contributed by atoms with Crippen molar-refractivity contribution in [2.45, 2.75) is 26.8 Å². The van der Waals surface area contributed by atoms with Gasteiger partial charge in [0.1, 0.15) is 0 Å². The van der Waals surface area contributed by atoms with E-state index in [0.29, 0.717) is 6.54 Å². The SMILES string of the molecule is CCc1[nH]nc(NCc2csnn2)c1C. The van der Waals surface area contributed by atoms with E-state index in [9.17, 15) is 0 Å². The molecular formula is C9H13N5S. The molecular weight excluding hydrogens is 210 g/mol. The molecule has 0 atom stereocenters. The van der Waals surface area contributed by atoms with E-state index in [1.807, 2.05) is 5.38 Å². The second-order valence-electron chi connectivity index (χ2n) is 3.28. The number of nitrogens with one attached hydrogen (secondary N) is 2. The lowest BCUT2D eigenvalue weighted by atomic mass is 10.2. The van der Waals surface area contributed by atoms with Crippen molar-refractivity contribution in [2.24, 2.45) is 0 Å². The zero-order chi connectivity index (χ0) is 10.7. The highest BCUT2D eigenvalue weighted by Crippen LogP contribution is 2.15. The number of rotatable bonds is 4. The minimum Gasteiger partial charge on any atom is -0.363 e. The highest BCUT2D eigenvalue weighted by molar-refractivity contribution is 7.03. The minimum atomic E-state index is 0.672. The summed E-state index contributed by atoms with van der Waals surface area (Å²) >= 11 is 1.36. The Morgan fingerprint density at radius 3 is 3.00 bits per heavy atom. The summed E-state index contributed by atoms with van der Waals surface area (Å²) in [5.41, 5.74) is 3.30. The highest BCUT2D eigenvalue weighted by Gasteiger charge is 2.06. The maximum atomic E-state index is 4.21. The van der Waals surface area contributed by atoms with Gasteiger partial charge in [0.25, 0.3) is 0 Å². The maximum absolute atomic E-state index is 4.21. The van der Waals surface area contributed by atoms with Gasteiger partial charge in [-0.25, -0.2) is 0 Å². The van der Waals surface area contributed by atoms with Gasteiger partial charge in [0.15, 0.2) is 5.82 Å².